The molecule has 0 aliphatic rings. The summed E-state index contributed by atoms with van der Waals surface area (Å²) >= 11 is 1.74. The van der Waals surface area contributed by atoms with Crippen LogP contribution in [0.1, 0.15) is 5.69 Å². The number of hydrogen-bond donors (Lipinski definition) is 1. The molecular weight excluding hydrogens is 280 g/mol. The molecule has 4 aromatic rings. The predicted molar refractivity (Wildman–Crippen MR) is 86.3 cm³/mol. The van der Waals surface area contributed by atoms with Crippen molar-refractivity contribution in [1.29, 1.82) is 0 Å². The zero-order valence-electron chi connectivity index (χ0n) is 11.8. The van der Waals surface area contributed by atoms with Gasteiger partial charge in [0.15, 0.2) is 0 Å². The molecule has 0 atom stereocenters. The van der Waals surface area contributed by atoms with E-state index in [9.17, 15) is 0 Å². The highest BCUT2D eigenvalue weighted by Crippen LogP contribution is 2.35. The fourth-order valence-electron chi connectivity index (χ4n) is 2.57. The third kappa shape index (κ3) is 1.97. The number of nitrogens with zero attached hydrogens (tertiary/aromatic N) is 3. The number of aromatic nitrogens is 4. The van der Waals surface area contributed by atoms with Gasteiger partial charge in [-0.25, -0.2) is 0 Å². The Morgan fingerprint density at radius 3 is 2.71 bits per heavy atom. The molecule has 4 rings (SSSR count). The molecule has 0 saturated carbocycles. The second-order valence-corrected chi connectivity index (χ2v) is 6.21. The summed E-state index contributed by atoms with van der Waals surface area (Å²) in [5, 5.41) is 12.2. The first-order valence-electron chi connectivity index (χ1n) is 6.75. The lowest BCUT2D eigenvalue weighted by Gasteiger charge is -2.00. The van der Waals surface area contributed by atoms with Gasteiger partial charge in [-0.3, -0.25) is 0 Å². The van der Waals surface area contributed by atoms with Crippen molar-refractivity contribution in [2.45, 2.75) is 6.92 Å². The number of H-pyrrole nitrogens is 1. The number of rotatable bonds is 2. The zero-order chi connectivity index (χ0) is 14.4. The minimum atomic E-state index is 0.932. The second-order valence-electron chi connectivity index (χ2n) is 5.12. The lowest BCUT2D eigenvalue weighted by Crippen LogP contribution is -1.83. The van der Waals surface area contributed by atoms with Crippen LogP contribution in [0.2, 0.25) is 0 Å². The molecule has 0 radical (unpaired) electrons. The van der Waals surface area contributed by atoms with Crippen LogP contribution in [-0.4, -0.2) is 20.0 Å². The first-order chi connectivity index (χ1) is 10.2. The molecule has 0 spiro atoms. The minimum Gasteiger partial charge on any atom is -0.351 e. The zero-order valence-corrected chi connectivity index (χ0v) is 12.6. The summed E-state index contributed by atoms with van der Waals surface area (Å²) in [6.07, 6.45) is 2.09. The predicted octanol–water partition coefficient (Wildman–Crippen LogP) is 4.00. The molecule has 0 bridgehead atoms. The van der Waals surface area contributed by atoms with Crippen molar-refractivity contribution in [2.24, 2.45) is 7.05 Å². The number of aromatic amines is 1. The van der Waals surface area contributed by atoms with Crippen LogP contribution in [0, 0.1) is 6.92 Å². The number of nitrogens with one attached hydrogen (secondary N) is 1. The van der Waals surface area contributed by atoms with Crippen molar-refractivity contribution in [1.82, 2.24) is 20.0 Å². The van der Waals surface area contributed by atoms with Gasteiger partial charge in [-0.1, -0.05) is 6.07 Å². The van der Waals surface area contributed by atoms with E-state index >= 15 is 0 Å². The summed E-state index contributed by atoms with van der Waals surface area (Å²) in [6.45, 7) is 1.97. The van der Waals surface area contributed by atoms with Crippen molar-refractivity contribution < 1.29 is 0 Å². The number of hydrogen-bond acceptors (Lipinski definition) is 3. The fourth-order valence-corrected chi connectivity index (χ4v) is 3.62. The van der Waals surface area contributed by atoms with Crippen LogP contribution in [0.3, 0.4) is 0 Å². The summed E-state index contributed by atoms with van der Waals surface area (Å²) in [5.74, 6) is 0. The Balaban J connectivity index is 1.79. The standard InChI is InChI=1S/C16H14N4S/c1-10-16(18-19-17-10)15-6-5-14(21-15)12-3-4-13-11(9-12)7-8-20(13)2/h3-9H,1-2H3,(H,17,18,19). The van der Waals surface area contributed by atoms with Crippen LogP contribution in [0.15, 0.2) is 42.6 Å². The van der Waals surface area contributed by atoms with E-state index in [4.69, 9.17) is 0 Å². The maximum atomic E-state index is 4.22. The molecule has 0 saturated heterocycles. The van der Waals surface area contributed by atoms with Crippen molar-refractivity contribution in [3.05, 3.63) is 48.3 Å². The Morgan fingerprint density at radius 1 is 1.05 bits per heavy atom. The van der Waals surface area contributed by atoms with Gasteiger partial charge in [-0.05, 0) is 42.8 Å². The summed E-state index contributed by atoms with van der Waals surface area (Å²) in [4.78, 5) is 2.39. The van der Waals surface area contributed by atoms with Crippen LogP contribution in [-0.2, 0) is 7.05 Å². The SMILES string of the molecule is Cc1n[nH]nc1-c1ccc(-c2ccc3c(ccn3C)c2)s1. The van der Waals surface area contributed by atoms with Gasteiger partial charge in [-0.15, -0.1) is 11.3 Å². The first kappa shape index (κ1) is 12.3. The van der Waals surface area contributed by atoms with Crippen molar-refractivity contribution in [3.8, 4) is 21.0 Å². The van der Waals surface area contributed by atoms with Crippen molar-refractivity contribution >= 4 is 22.2 Å². The fraction of sp³-hybridized carbons (Fsp3) is 0.125. The molecule has 0 fully saturated rings. The highest BCUT2D eigenvalue weighted by atomic mass is 32.1. The minimum absolute atomic E-state index is 0.932. The molecule has 0 aliphatic heterocycles. The highest BCUT2D eigenvalue weighted by molar-refractivity contribution is 7.18. The van der Waals surface area contributed by atoms with E-state index in [1.54, 1.807) is 11.3 Å². The maximum Gasteiger partial charge on any atom is 0.125 e. The molecule has 4 nitrogen and oxygen atoms in total. The van der Waals surface area contributed by atoms with Gasteiger partial charge in [0.05, 0.1) is 10.6 Å². The average molecular weight is 294 g/mol. The van der Waals surface area contributed by atoms with Gasteiger partial charge in [0.1, 0.15) is 5.69 Å². The van der Waals surface area contributed by atoms with Gasteiger partial charge in [0.25, 0.3) is 0 Å². The van der Waals surface area contributed by atoms with E-state index in [1.807, 2.05) is 6.92 Å². The van der Waals surface area contributed by atoms with Gasteiger partial charge >= 0.3 is 0 Å². The summed E-state index contributed by atoms with van der Waals surface area (Å²) in [6, 6.07) is 13.0. The summed E-state index contributed by atoms with van der Waals surface area (Å²) in [5.41, 5.74) is 4.36. The van der Waals surface area contributed by atoms with Gasteiger partial charge in [-0.2, -0.15) is 15.4 Å². The monoisotopic (exact) mass is 294 g/mol. The quantitative estimate of drug-likeness (QED) is 0.607. The van der Waals surface area contributed by atoms with E-state index in [2.05, 4.69) is 69.6 Å². The molecule has 0 unspecified atom stereocenters. The largest absolute Gasteiger partial charge is 0.351 e. The molecule has 0 aliphatic carbocycles. The lowest BCUT2D eigenvalue weighted by atomic mass is 10.1. The van der Waals surface area contributed by atoms with Gasteiger partial charge in [0, 0.05) is 29.0 Å². The molecule has 104 valence electrons. The van der Waals surface area contributed by atoms with Crippen molar-refractivity contribution in [2.75, 3.05) is 0 Å². The molecule has 21 heavy (non-hydrogen) atoms. The molecule has 0 amide bonds. The normalized spacial score (nSPS) is 11.3. The average Bonchev–Trinajstić information content (AvgIpc) is 3.19. The van der Waals surface area contributed by atoms with E-state index < -0.39 is 0 Å². The Bertz CT molecular complexity index is 929. The smallest absolute Gasteiger partial charge is 0.125 e. The van der Waals surface area contributed by atoms with E-state index in [0.717, 1.165) is 16.3 Å². The number of fused-ring (bicyclic) bond motifs is 1. The van der Waals surface area contributed by atoms with Crippen LogP contribution in [0.25, 0.3) is 31.9 Å². The molecule has 3 heterocycles. The summed E-state index contributed by atoms with van der Waals surface area (Å²) in [7, 11) is 2.07. The second kappa shape index (κ2) is 4.56. The molecule has 5 heteroatoms. The van der Waals surface area contributed by atoms with E-state index in [1.165, 1.54) is 21.3 Å². The van der Waals surface area contributed by atoms with Crippen LogP contribution in [0.4, 0.5) is 0 Å². The van der Waals surface area contributed by atoms with Crippen LogP contribution < -0.4 is 0 Å². The van der Waals surface area contributed by atoms with Gasteiger partial charge in [0.2, 0.25) is 0 Å². The third-order valence-corrected chi connectivity index (χ3v) is 4.87. The Hall–Kier alpha value is -2.40. The number of thiophene rings is 1. The molecule has 3 aromatic heterocycles. The van der Waals surface area contributed by atoms with Gasteiger partial charge < -0.3 is 4.57 Å². The molecular formula is C16H14N4S. The van der Waals surface area contributed by atoms with E-state index in [0.29, 0.717) is 0 Å². The third-order valence-electron chi connectivity index (χ3n) is 3.73. The maximum absolute atomic E-state index is 4.22. The number of aryl methyl sites for hydroxylation is 2. The van der Waals surface area contributed by atoms with Crippen LogP contribution in [0.5, 0.6) is 0 Å². The lowest BCUT2D eigenvalue weighted by molar-refractivity contribution is 0.930. The first-order valence-corrected chi connectivity index (χ1v) is 7.57. The summed E-state index contributed by atoms with van der Waals surface area (Å²) < 4.78 is 2.14. The van der Waals surface area contributed by atoms with Crippen molar-refractivity contribution in [3.63, 3.8) is 0 Å². The van der Waals surface area contributed by atoms with E-state index in [-0.39, 0.29) is 0 Å². The Morgan fingerprint density at radius 2 is 1.90 bits per heavy atom. The molecule has 1 N–H and O–H groups in total. The van der Waals surface area contributed by atoms with Crippen LogP contribution >= 0.6 is 11.3 Å². The topological polar surface area (TPSA) is 46.5 Å². The molecule has 1 aromatic carbocycles. The highest BCUT2D eigenvalue weighted by Gasteiger charge is 2.11. The number of benzene rings is 1. The Labute approximate surface area is 126 Å². The Kier molecular flexibility index (Phi) is 2.68.